The Morgan fingerprint density at radius 2 is 1.92 bits per heavy atom. The third-order valence-corrected chi connectivity index (χ3v) is 7.04. The van der Waals surface area contributed by atoms with Crippen LogP contribution in [0.25, 0.3) is 5.76 Å². The van der Waals surface area contributed by atoms with Crippen molar-refractivity contribution in [1.82, 2.24) is 9.80 Å². The number of aliphatic hydroxyl groups is 1. The summed E-state index contributed by atoms with van der Waals surface area (Å²) in [5.41, 5.74) is 2.34. The Labute approximate surface area is 219 Å². The third kappa shape index (κ3) is 5.57. The van der Waals surface area contributed by atoms with Crippen molar-refractivity contribution in [2.75, 3.05) is 32.8 Å². The van der Waals surface area contributed by atoms with Crippen LogP contribution in [0.1, 0.15) is 49.9 Å². The molecule has 2 aromatic rings. The van der Waals surface area contributed by atoms with Gasteiger partial charge >= 0.3 is 0 Å². The fourth-order valence-electron chi connectivity index (χ4n) is 5.09. The number of hydrogen-bond acceptors (Lipinski definition) is 6. The molecule has 7 heteroatoms. The summed E-state index contributed by atoms with van der Waals surface area (Å²) in [7, 11) is 0. The van der Waals surface area contributed by atoms with Crippen molar-refractivity contribution in [3.63, 3.8) is 0 Å². The topological polar surface area (TPSA) is 79.3 Å². The number of carbonyl (C=O) groups is 2. The van der Waals surface area contributed by atoms with Gasteiger partial charge in [0.05, 0.1) is 11.6 Å². The first kappa shape index (κ1) is 26.5. The van der Waals surface area contributed by atoms with Crippen LogP contribution in [-0.4, -0.2) is 65.5 Å². The van der Waals surface area contributed by atoms with Gasteiger partial charge in [-0.25, -0.2) is 0 Å². The van der Waals surface area contributed by atoms with Crippen LogP contribution in [0, 0.1) is 0 Å². The van der Waals surface area contributed by atoms with E-state index in [0.29, 0.717) is 24.5 Å². The van der Waals surface area contributed by atoms with Crippen molar-refractivity contribution in [2.45, 2.75) is 45.8 Å². The second-order valence-corrected chi connectivity index (χ2v) is 9.50. The van der Waals surface area contributed by atoms with Crippen molar-refractivity contribution >= 4 is 17.4 Å². The molecule has 7 nitrogen and oxygen atoms in total. The number of Topliss-reactive ketones (excluding diaryl/α,β-unsaturated/α-hetero) is 1. The predicted molar refractivity (Wildman–Crippen MR) is 144 cm³/mol. The molecule has 2 heterocycles. The van der Waals surface area contributed by atoms with E-state index in [2.05, 4.69) is 25.3 Å². The molecule has 0 radical (unpaired) electrons. The lowest BCUT2D eigenvalue weighted by atomic mass is 9.94. The highest BCUT2D eigenvalue weighted by Crippen LogP contribution is 2.41. The molecule has 1 saturated heterocycles. The Bertz CT molecular complexity index is 1180. The van der Waals surface area contributed by atoms with Crippen LogP contribution in [-0.2, 0) is 16.0 Å². The maximum atomic E-state index is 13.3. The molecule has 37 heavy (non-hydrogen) atoms. The number of fused-ring (bicyclic) bond motifs is 1. The first-order chi connectivity index (χ1) is 17.9. The van der Waals surface area contributed by atoms with E-state index in [1.54, 1.807) is 17.0 Å². The van der Waals surface area contributed by atoms with E-state index in [1.165, 1.54) is 0 Å². The Hall–Kier alpha value is -3.58. The molecule has 196 valence electrons. The van der Waals surface area contributed by atoms with Gasteiger partial charge in [-0.15, -0.1) is 0 Å². The predicted octanol–water partition coefficient (Wildman–Crippen LogP) is 4.73. The Kier molecular flexibility index (Phi) is 8.34. The van der Waals surface area contributed by atoms with Gasteiger partial charge in [-0.2, -0.15) is 0 Å². The molecule has 2 aliphatic rings. The average Bonchev–Trinajstić information content (AvgIpc) is 3.40. The number of carbonyl (C=O) groups excluding carboxylic acids is 2. The summed E-state index contributed by atoms with van der Waals surface area (Å²) >= 11 is 0. The summed E-state index contributed by atoms with van der Waals surface area (Å²) in [6.45, 7) is 13.3. The van der Waals surface area contributed by atoms with E-state index < -0.39 is 17.7 Å². The second kappa shape index (κ2) is 11.6. The quantitative estimate of drug-likeness (QED) is 0.206. The first-order valence-corrected chi connectivity index (χ1v) is 13.0. The van der Waals surface area contributed by atoms with Gasteiger partial charge in [-0.1, -0.05) is 38.6 Å². The van der Waals surface area contributed by atoms with Crippen molar-refractivity contribution in [1.29, 1.82) is 0 Å². The lowest BCUT2D eigenvalue weighted by Gasteiger charge is -2.27. The Morgan fingerprint density at radius 3 is 2.59 bits per heavy atom. The zero-order valence-electron chi connectivity index (χ0n) is 21.9. The van der Waals surface area contributed by atoms with Crippen LogP contribution >= 0.6 is 0 Å². The molecule has 2 atom stereocenters. The number of likely N-dealkylation sites (tertiary alicyclic amines) is 1. The highest BCUT2D eigenvalue weighted by molar-refractivity contribution is 6.46. The lowest BCUT2D eigenvalue weighted by molar-refractivity contribution is -0.140. The largest absolute Gasteiger partial charge is 0.507 e. The van der Waals surface area contributed by atoms with Crippen LogP contribution in [0.3, 0.4) is 0 Å². The number of ether oxygens (including phenoxy) is 2. The van der Waals surface area contributed by atoms with Gasteiger partial charge in [0, 0.05) is 18.5 Å². The van der Waals surface area contributed by atoms with Gasteiger partial charge in [0.2, 0.25) is 0 Å². The average molecular weight is 505 g/mol. The van der Waals surface area contributed by atoms with Crippen molar-refractivity contribution in [2.24, 2.45) is 0 Å². The van der Waals surface area contributed by atoms with E-state index in [9.17, 15) is 14.7 Å². The number of rotatable bonds is 11. The summed E-state index contributed by atoms with van der Waals surface area (Å²) in [4.78, 5) is 30.5. The van der Waals surface area contributed by atoms with Gasteiger partial charge in [0.25, 0.3) is 11.7 Å². The van der Waals surface area contributed by atoms with E-state index in [1.807, 2.05) is 43.3 Å². The normalized spacial score (nSPS) is 20.3. The van der Waals surface area contributed by atoms with Crippen LogP contribution in [0.2, 0.25) is 0 Å². The molecule has 4 rings (SSSR count). The number of amides is 1. The van der Waals surface area contributed by atoms with E-state index >= 15 is 0 Å². The fraction of sp³-hybridized carbons (Fsp3) is 0.400. The Morgan fingerprint density at radius 1 is 1.19 bits per heavy atom. The summed E-state index contributed by atoms with van der Waals surface area (Å²) in [5.74, 6) is 0.0324. The monoisotopic (exact) mass is 504 g/mol. The number of benzene rings is 2. The number of aliphatic hydroxyl groups excluding tert-OH is 1. The van der Waals surface area contributed by atoms with Gasteiger partial charge in [-0.3, -0.25) is 9.59 Å². The molecule has 0 spiro atoms. The van der Waals surface area contributed by atoms with Crippen molar-refractivity contribution in [3.05, 3.63) is 77.4 Å². The van der Waals surface area contributed by atoms with Gasteiger partial charge in [0.1, 0.15) is 30.0 Å². The fourth-order valence-corrected chi connectivity index (χ4v) is 5.09. The maximum Gasteiger partial charge on any atom is 0.295 e. The molecule has 0 aromatic heterocycles. The maximum absolute atomic E-state index is 13.3. The first-order valence-electron chi connectivity index (χ1n) is 13.0. The molecule has 2 aliphatic heterocycles. The van der Waals surface area contributed by atoms with E-state index in [4.69, 9.17) is 9.47 Å². The molecule has 0 bridgehead atoms. The lowest BCUT2D eigenvalue weighted by Crippen LogP contribution is -2.33. The minimum Gasteiger partial charge on any atom is -0.507 e. The summed E-state index contributed by atoms with van der Waals surface area (Å²) < 4.78 is 11.4. The van der Waals surface area contributed by atoms with Crippen LogP contribution in [0.15, 0.2) is 60.7 Å². The van der Waals surface area contributed by atoms with E-state index in [-0.39, 0.29) is 17.4 Å². The standard InChI is InChI=1S/C30H36N2O5/c1-5-17-36-24-12-9-21(10-13-24)27-26(28(33)22-11-14-25-23(19-22)18-20(4)37-25)29(34)30(35)32(27)16-8-15-31(6-2)7-3/h5,9-14,19-20,27,33H,1,6-8,15-18H2,2-4H3/t20-,27-/m0/s1. The molecule has 0 saturated carbocycles. The number of nitrogens with zero attached hydrogens (tertiary/aromatic N) is 2. The van der Waals surface area contributed by atoms with Gasteiger partial charge < -0.3 is 24.4 Å². The molecular weight excluding hydrogens is 468 g/mol. The molecular formula is C30H36N2O5. The summed E-state index contributed by atoms with van der Waals surface area (Å²) in [5, 5.41) is 11.4. The molecule has 1 fully saturated rings. The van der Waals surface area contributed by atoms with Crippen LogP contribution < -0.4 is 9.47 Å². The zero-order valence-corrected chi connectivity index (χ0v) is 21.9. The summed E-state index contributed by atoms with van der Waals surface area (Å²) in [6.07, 6.45) is 3.18. The van der Waals surface area contributed by atoms with Crippen molar-refractivity contribution in [3.8, 4) is 11.5 Å². The minimum atomic E-state index is -0.686. The highest BCUT2D eigenvalue weighted by atomic mass is 16.5. The zero-order chi connectivity index (χ0) is 26.5. The number of ketones is 1. The molecule has 1 amide bonds. The molecule has 0 aliphatic carbocycles. The molecule has 1 N–H and O–H groups in total. The highest BCUT2D eigenvalue weighted by Gasteiger charge is 2.46. The summed E-state index contributed by atoms with van der Waals surface area (Å²) in [6, 6.07) is 12.0. The van der Waals surface area contributed by atoms with Crippen LogP contribution in [0.4, 0.5) is 0 Å². The Balaban J connectivity index is 1.71. The number of hydrogen-bond donors (Lipinski definition) is 1. The van der Waals surface area contributed by atoms with Gasteiger partial charge in [-0.05, 0) is 74.4 Å². The smallest absolute Gasteiger partial charge is 0.295 e. The molecule has 2 aromatic carbocycles. The third-order valence-electron chi connectivity index (χ3n) is 7.04. The SMILES string of the molecule is C=CCOc1ccc([C@H]2C(=C(O)c3ccc4c(c3)C[C@H](C)O4)C(=O)C(=O)N2CCCN(CC)CC)cc1. The minimum absolute atomic E-state index is 0.0607. The van der Waals surface area contributed by atoms with Crippen molar-refractivity contribution < 1.29 is 24.2 Å². The van der Waals surface area contributed by atoms with E-state index in [0.717, 1.165) is 49.4 Å². The van der Waals surface area contributed by atoms with Gasteiger partial charge in [0.15, 0.2) is 0 Å². The molecule has 0 unspecified atom stereocenters. The van der Waals surface area contributed by atoms with Crippen LogP contribution in [0.5, 0.6) is 11.5 Å². The second-order valence-electron chi connectivity index (χ2n) is 9.50.